The van der Waals surface area contributed by atoms with Crippen LogP contribution in [-0.2, 0) is 20.5 Å². The van der Waals surface area contributed by atoms with Gasteiger partial charge in [-0.05, 0) is 37.7 Å². The molecule has 0 aliphatic carbocycles. The Kier molecular flexibility index (Phi) is 6.58. The first-order valence-corrected chi connectivity index (χ1v) is 10.2. The number of benzene rings is 1. The van der Waals surface area contributed by atoms with Crippen molar-refractivity contribution in [3.63, 3.8) is 0 Å². The Bertz CT molecular complexity index is 535. The fourth-order valence-corrected chi connectivity index (χ4v) is 2.21. The summed E-state index contributed by atoms with van der Waals surface area (Å²) >= 11 is 0. The second-order valence-electron chi connectivity index (χ2n) is 5.87. The number of carbonyl (C=O) groups is 1. The molecule has 1 rings (SSSR count). The molecule has 0 aromatic heterocycles. The summed E-state index contributed by atoms with van der Waals surface area (Å²) in [7, 11) is -0.690. The van der Waals surface area contributed by atoms with E-state index in [1.54, 1.807) is 0 Å². The van der Waals surface area contributed by atoms with E-state index >= 15 is 0 Å². The molecule has 0 bridgehead atoms. The fraction of sp³-hybridized carbons (Fsp3) is 0.500. The maximum atomic E-state index is 13.7. The van der Waals surface area contributed by atoms with Crippen LogP contribution in [0.5, 0.6) is 0 Å². The number of carbonyl (C=O) groups excluding carboxylic acids is 1. The number of hydroxylamine groups is 1. The van der Waals surface area contributed by atoms with Gasteiger partial charge in [0, 0.05) is 12.1 Å². The summed E-state index contributed by atoms with van der Waals surface area (Å²) < 4.78 is 49.9. The molecule has 1 aromatic rings. The molecule has 22 heavy (non-hydrogen) atoms. The van der Waals surface area contributed by atoms with Gasteiger partial charge in [0.15, 0.2) is 11.6 Å². The van der Waals surface area contributed by atoms with Gasteiger partial charge in [-0.1, -0.05) is 0 Å². The van der Waals surface area contributed by atoms with Gasteiger partial charge in [0.05, 0.1) is 13.5 Å². The van der Waals surface area contributed by atoms with Crippen molar-refractivity contribution in [2.45, 2.75) is 38.5 Å². The second kappa shape index (κ2) is 7.75. The predicted octanol–water partition coefficient (Wildman–Crippen LogP) is 2.93. The van der Waals surface area contributed by atoms with Crippen molar-refractivity contribution >= 4 is 14.3 Å². The van der Waals surface area contributed by atoms with Crippen molar-refractivity contribution in [3.8, 4) is 0 Å². The van der Waals surface area contributed by atoms with Gasteiger partial charge in [-0.3, -0.25) is 4.79 Å². The lowest BCUT2D eigenvalue weighted by Gasteiger charge is -2.24. The van der Waals surface area contributed by atoms with E-state index in [1.807, 2.05) is 19.6 Å². The summed E-state index contributed by atoms with van der Waals surface area (Å²) in [5.74, 6) is -3.78. The monoisotopic (exact) mass is 335 g/mol. The smallest absolute Gasteiger partial charge is 0.307 e. The van der Waals surface area contributed by atoms with E-state index in [0.717, 1.165) is 6.07 Å². The Morgan fingerprint density at radius 1 is 1.18 bits per heavy atom. The van der Waals surface area contributed by atoms with Gasteiger partial charge < -0.3 is 9.26 Å². The second-order valence-corrected chi connectivity index (χ2v) is 10.3. The summed E-state index contributed by atoms with van der Waals surface area (Å²) in [4.78, 5) is 11.4. The van der Waals surface area contributed by atoms with Gasteiger partial charge in [0.25, 0.3) is 0 Å². The zero-order chi connectivity index (χ0) is 16.9. The minimum Gasteiger partial charge on any atom is -0.469 e. The Morgan fingerprint density at radius 2 is 1.77 bits per heavy atom. The molecule has 0 unspecified atom stereocenters. The molecule has 0 saturated carbocycles. The highest BCUT2D eigenvalue weighted by Gasteiger charge is 2.22. The average Bonchev–Trinajstić information content (AvgIpc) is 2.41. The molecule has 0 saturated heterocycles. The Hall–Kier alpha value is -1.38. The van der Waals surface area contributed by atoms with Crippen LogP contribution in [0.3, 0.4) is 0 Å². The van der Waals surface area contributed by atoms with Crippen LogP contribution in [-0.4, -0.2) is 27.4 Å². The molecule has 0 spiro atoms. The van der Waals surface area contributed by atoms with Gasteiger partial charge >= 0.3 is 5.97 Å². The van der Waals surface area contributed by atoms with Crippen LogP contribution >= 0.6 is 0 Å². The van der Waals surface area contributed by atoms with Gasteiger partial charge in [0.2, 0.25) is 8.32 Å². The average molecular weight is 335 g/mol. The van der Waals surface area contributed by atoms with Crippen molar-refractivity contribution in [1.29, 1.82) is 0 Å². The number of hydrogen-bond acceptors (Lipinski definition) is 4. The van der Waals surface area contributed by atoms with Crippen molar-refractivity contribution in [1.82, 2.24) is 5.48 Å². The molecular formula is C14H20F3NO3Si. The highest BCUT2D eigenvalue weighted by Crippen LogP contribution is 2.17. The number of rotatable bonds is 7. The van der Waals surface area contributed by atoms with E-state index < -0.39 is 37.8 Å². The van der Waals surface area contributed by atoms with Crippen LogP contribution in [0.15, 0.2) is 12.1 Å². The van der Waals surface area contributed by atoms with Crippen LogP contribution in [0.4, 0.5) is 13.2 Å². The van der Waals surface area contributed by atoms with Crippen LogP contribution in [0, 0.1) is 17.5 Å². The highest BCUT2D eigenvalue weighted by molar-refractivity contribution is 6.69. The number of halogens is 3. The predicted molar refractivity (Wildman–Crippen MR) is 78.0 cm³/mol. The van der Waals surface area contributed by atoms with E-state index in [9.17, 15) is 18.0 Å². The van der Waals surface area contributed by atoms with Gasteiger partial charge in [0.1, 0.15) is 5.82 Å². The molecule has 0 heterocycles. The third-order valence-electron chi connectivity index (χ3n) is 2.73. The van der Waals surface area contributed by atoms with E-state index in [4.69, 9.17) is 4.53 Å². The molecule has 124 valence electrons. The Labute approximate surface area is 128 Å². The van der Waals surface area contributed by atoms with Crippen molar-refractivity contribution in [2.75, 3.05) is 7.11 Å². The number of nitrogens with one attached hydrogen (secondary N) is 1. The first-order valence-electron chi connectivity index (χ1n) is 6.76. The standard InChI is InChI=1S/C14H20F3NO3Si/c1-20-14(19)7-10(18-21-22(2,3)4)5-9-6-12(16)13(17)8-11(9)15/h6,8,10,18H,5,7H2,1-4H3/t10-/m1/s1. The molecule has 0 amide bonds. The maximum Gasteiger partial charge on any atom is 0.307 e. The van der Waals surface area contributed by atoms with Crippen molar-refractivity contribution in [3.05, 3.63) is 35.1 Å². The topological polar surface area (TPSA) is 47.6 Å². The summed E-state index contributed by atoms with van der Waals surface area (Å²) in [5, 5.41) is 0. The van der Waals surface area contributed by atoms with E-state index in [-0.39, 0.29) is 18.4 Å². The van der Waals surface area contributed by atoms with Gasteiger partial charge in [-0.25, -0.2) is 18.7 Å². The van der Waals surface area contributed by atoms with E-state index in [0.29, 0.717) is 6.07 Å². The number of hydrogen-bond donors (Lipinski definition) is 1. The van der Waals surface area contributed by atoms with Gasteiger partial charge in [-0.15, -0.1) is 0 Å². The first-order chi connectivity index (χ1) is 10.1. The lowest BCUT2D eigenvalue weighted by atomic mass is 10.0. The van der Waals surface area contributed by atoms with Crippen LogP contribution in [0.2, 0.25) is 19.6 Å². The zero-order valence-corrected chi connectivity index (χ0v) is 14.0. The molecule has 4 nitrogen and oxygen atoms in total. The minimum atomic E-state index is -1.92. The molecule has 8 heteroatoms. The van der Waals surface area contributed by atoms with Crippen LogP contribution in [0.1, 0.15) is 12.0 Å². The van der Waals surface area contributed by atoms with Gasteiger partial charge in [-0.2, -0.15) is 0 Å². The third kappa shape index (κ3) is 6.16. The highest BCUT2D eigenvalue weighted by atomic mass is 28.4. The SMILES string of the molecule is COC(=O)C[C@@H](Cc1cc(F)c(F)cc1F)NO[Si](C)(C)C. The first kappa shape index (κ1) is 18.7. The number of esters is 1. The third-order valence-corrected chi connectivity index (χ3v) is 3.46. The summed E-state index contributed by atoms with van der Waals surface area (Å²) in [6.45, 7) is 5.77. The molecule has 1 aromatic carbocycles. The van der Waals surface area contributed by atoms with Crippen LogP contribution in [0.25, 0.3) is 0 Å². The molecule has 1 atom stereocenters. The van der Waals surface area contributed by atoms with E-state index in [2.05, 4.69) is 10.2 Å². The lowest BCUT2D eigenvalue weighted by Crippen LogP contribution is -2.41. The minimum absolute atomic E-state index is 0.0391. The molecule has 0 aliphatic rings. The Balaban J connectivity index is 2.87. The summed E-state index contributed by atoms with van der Waals surface area (Å²) in [5.41, 5.74) is 2.67. The van der Waals surface area contributed by atoms with E-state index in [1.165, 1.54) is 7.11 Å². The number of methoxy groups -OCH3 is 1. The Morgan fingerprint density at radius 3 is 2.32 bits per heavy atom. The molecular weight excluding hydrogens is 315 g/mol. The summed E-state index contributed by atoms with van der Waals surface area (Å²) in [6.07, 6.45) is -0.123. The molecule has 0 radical (unpaired) electrons. The van der Waals surface area contributed by atoms with Crippen LogP contribution < -0.4 is 5.48 Å². The quantitative estimate of drug-likeness (QED) is 0.360. The summed E-state index contributed by atoms with van der Waals surface area (Å²) in [6, 6.07) is 0.656. The zero-order valence-electron chi connectivity index (χ0n) is 13.0. The molecule has 0 fully saturated rings. The molecule has 0 aliphatic heterocycles. The lowest BCUT2D eigenvalue weighted by molar-refractivity contribution is -0.141. The number of ether oxygens (including phenoxy) is 1. The van der Waals surface area contributed by atoms with Crippen molar-refractivity contribution in [2.24, 2.45) is 0 Å². The largest absolute Gasteiger partial charge is 0.469 e. The molecule has 1 N–H and O–H groups in total. The normalized spacial score (nSPS) is 13.0. The maximum absolute atomic E-state index is 13.7. The van der Waals surface area contributed by atoms with Crippen molar-refractivity contribution < 1.29 is 27.2 Å². The fourth-order valence-electron chi connectivity index (χ4n) is 1.69.